The molecule has 0 amide bonds. The molecule has 3 rings (SSSR count). The highest BCUT2D eigenvalue weighted by Gasteiger charge is 2.48. The molecule has 4 nitrogen and oxygen atoms in total. The Labute approximate surface area is 107 Å². The fraction of sp³-hybridized carbons (Fsp3) is 0.571. The van der Waals surface area contributed by atoms with Crippen LogP contribution in [-0.2, 0) is 0 Å². The van der Waals surface area contributed by atoms with E-state index in [1.807, 2.05) is 7.05 Å². The van der Waals surface area contributed by atoms with Crippen molar-refractivity contribution in [1.82, 2.24) is 5.32 Å². The van der Waals surface area contributed by atoms with Gasteiger partial charge >= 0.3 is 0 Å². The molecule has 1 saturated carbocycles. The monoisotopic (exact) mass is 248 g/mol. The maximum atomic E-state index is 5.95. The molecule has 1 fully saturated rings. The van der Waals surface area contributed by atoms with Crippen LogP contribution < -0.4 is 20.5 Å². The molecule has 3 N–H and O–H groups in total. The second-order valence-electron chi connectivity index (χ2n) is 5.35. The fourth-order valence-electron chi connectivity index (χ4n) is 2.93. The summed E-state index contributed by atoms with van der Waals surface area (Å²) in [7, 11) is 2.00. The van der Waals surface area contributed by atoms with Crippen molar-refractivity contribution in [3.8, 4) is 11.5 Å². The van der Waals surface area contributed by atoms with Crippen LogP contribution >= 0.6 is 0 Å². The van der Waals surface area contributed by atoms with Crippen molar-refractivity contribution in [2.75, 3.05) is 20.4 Å². The van der Waals surface area contributed by atoms with E-state index < -0.39 is 0 Å². The minimum atomic E-state index is 0.229. The third-order valence-electron chi connectivity index (χ3n) is 4.27. The van der Waals surface area contributed by atoms with Crippen molar-refractivity contribution < 1.29 is 9.47 Å². The predicted molar refractivity (Wildman–Crippen MR) is 69.8 cm³/mol. The third kappa shape index (κ3) is 1.68. The quantitative estimate of drug-likeness (QED) is 0.852. The number of nitrogens with one attached hydrogen (secondary N) is 1. The van der Waals surface area contributed by atoms with Crippen LogP contribution in [0.5, 0.6) is 11.5 Å². The van der Waals surface area contributed by atoms with Crippen molar-refractivity contribution in [3.05, 3.63) is 23.3 Å². The van der Waals surface area contributed by atoms with Crippen molar-refractivity contribution in [2.45, 2.75) is 25.8 Å². The minimum absolute atomic E-state index is 0.229. The molecule has 0 radical (unpaired) electrons. The summed E-state index contributed by atoms with van der Waals surface area (Å²) in [6, 6.07) is 4.47. The largest absolute Gasteiger partial charge is 0.454 e. The van der Waals surface area contributed by atoms with Crippen molar-refractivity contribution in [3.63, 3.8) is 0 Å². The van der Waals surface area contributed by atoms with Crippen molar-refractivity contribution in [2.24, 2.45) is 11.1 Å². The molecule has 0 bridgehead atoms. The molecule has 1 aliphatic heterocycles. The van der Waals surface area contributed by atoms with Gasteiger partial charge in [-0.2, -0.15) is 0 Å². The van der Waals surface area contributed by atoms with E-state index in [-0.39, 0.29) is 5.41 Å². The zero-order chi connectivity index (χ0) is 12.8. The fourth-order valence-corrected chi connectivity index (χ4v) is 2.93. The first-order valence-corrected chi connectivity index (χ1v) is 6.48. The molecule has 1 aliphatic carbocycles. The molecule has 2 aliphatic rings. The number of benzene rings is 1. The molecule has 0 saturated heterocycles. The van der Waals surface area contributed by atoms with E-state index in [0.717, 1.165) is 18.0 Å². The summed E-state index contributed by atoms with van der Waals surface area (Å²) in [6.45, 7) is 3.17. The standard InChI is InChI=1S/C14H20N2O2/c1-9-5-11-12(18-8-17-11)6-10(9)13(16-2)14(7-15)3-4-14/h5-6,13,16H,3-4,7-8,15H2,1-2H3. The van der Waals surface area contributed by atoms with Crippen LogP contribution in [0, 0.1) is 12.3 Å². The molecular weight excluding hydrogens is 228 g/mol. The summed E-state index contributed by atoms with van der Waals surface area (Å²) in [4.78, 5) is 0. The SMILES string of the molecule is CNC(c1cc2c(cc1C)OCO2)C1(CN)CC1. The van der Waals surface area contributed by atoms with Crippen molar-refractivity contribution >= 4 is 0 Å². The summed E-state index contributed by atoms with van der Waals surface area (Å²) >= 11 is 0. The first-order chi connectivity index (χ1) is 8.70. The highest BCUT2D eigenvalue weighted by Crippen LogP contribution is 2.55. The first kappa shape index (κ1) is 11.8. The van der Waals surface area contributed by atoms with Gasteiger partial charge in [0, 0.05) is 11.5 Å². The van der Waals surface area contributed by atoms with E-state index in [9.17, 15) is 0 Å². The molecule has 1 aromatic carbocycles. The van der Waals surface area contributed by atoms with Crippen molar-refractivity contribution in [1.29, 1.82) is 0 Å². The summed E-state index contributed by atoms with van der Waals surface area (Å²) in [5.74, 6) is 1.70. The Morgan fingerprint density at radius 3 is 2.56 bits per heavy atom. The molecule has 1 aromatic rings. The lowest BCUT2D eigenvalue weighted by atomic mass is 9.87. The van der Waals surface area contributed by atoms with E-state index in [1.165, 1.54) is 24.0 Å². The predicted octanol–water partition coefficient (Wildman–Crippen LogP) is 1.72. The van der Waals surface area contributed by atoms with Crippen LogP contribution in [0.15, 0.2) is 12.1 Å². The molecule has 18 heavy (non-hydrogen) atoms. The Morgan fingerprint density at radius 2 is 2.00 bits per heavy atom. The Morgan fingerprint density at radius 1 is 1.33 bits per heavy atom. The molecular formula is C14H20N2O2. The number of fused-ring (bicyclic) bond motifs is 1. The Balaban J connectivity index is 2.00. The summed E-state index contributed by atoms with van der Waals surface area (Å²) in [5, 5.41) is 3.43. The lowest BCUT2D eigenvalue weighted by Crippen LogP contribution is -2.32. The van der Waals surface area contributed by atoms with E-state index in [2.05, 4.69) is 24.4 Å². The Hall–Kier alpha value is -1.26. The average molecular weight is 248 g/mol. The Kier molecular flexibility index (Phi) is 2.72. The molecule has 4 heteroatoms. The highest BCUT2D eigenvalue weighted by atomic mass is 16.7. The molecule has 1 heterocycles. The third-order valence-corrected chi connectivity index (χ3v) is 4.27. The number of rotatable bonds is 4. The first-order valence-electron chi connectivity index (χ1n) is 6.48. The second-order valence-corrected chi connectivity index (χ2v) is 5.35. The minimum Gasteiger partial charge on any atom is -0.454 e. The topological polar surface area (TPSA) is 56.5 Å². The van der Waals surface area contributed by atoms with E-state index >= 15 is 0 Å². The van der Waals surface area contributed by atoms with Gasteiger partial charge < -0.3 is 20.5 Å². The van der Waals surface area contributed by atoms with Gasteiger partial charge in [0.2, 0.25) is 6.79 Å². The van der Waals surface area contributed by atoms with Crippen LogP contribution in [0.25, 0.3) is 0 Å². The number of hydrogen-bond donors (Lipinski definition) is 2. The van der Waals surface area contributed by atoms with Gasteiger partial charge in [-0.25, -0.2) is 0 Å². The normalized spacial score (nSPS) is 20.8. The van der Waals surface area contributed by atoms with E-state index in [1.54, 1.807) is 0 Å². The van der Waals surface area contributed by atoms with Gasteiger partial charge in [-0.05, 0) is 56.6 Å². The maximum absolute atomic E-state index is 5.95. The van der Waals surface area contributed by atoms with Crippen LogP contribution in [0.3, 0.4) is 0 Å². The van der Waals surface area contributed by atoms with Gasteiger partial charge in [-0.15, -0.1) is 0 Å². The van der Waals surface area contributed by atoms with Crippen LogP contribution in [0.4, 0.5) is 0 Å². The van der Waals surface area contributed by atoms with Gasteiger partial charge in [-0.1, -0.05) is 0 Å². The number of nitrogens with two attached hydrogens (primary N) is 1. The van der Waals surface area contributed by atoms with E-state index in [0.29, 0.717) is 12.8 Å². The molecule has 1 atom stereocenters. The summed E-state index contributed by atoms with van der Waals surface area (Å²) < 4.78 is 10.9. The zero-order valence-corrected chi connectivity index (χ0v) is 11.0. The number of ether oxygens (including phenoxy) is 2. The van der Waals surface area contributed by atoms with Crippen LogP contribution in [0.1, 0.15) is 30.0 Å². The average Bonchev–Trinajstić information content (AvgIpc) is 3.03. The van der Waals surface area contributed by atoms with Gasteiger partial charge in [-0.3, -0.25) is 0 Å². The smallest absolute Gasteiger partial charge is 0.231 e. The van der Waals surface area contributed by atoms with E-state index in [4.69, 9.17) is 15.2 Å². The summed E-state index contributed by atoms with van der Waals surface area (Å²) in [6.07, 6.45) is 2.39. The van der Waals surface area contributed by atoms with Crippen LogP contribution in [0.2, 0.25) is 0 Å². The lowest BCUT2D eigenvalue weighted by Gasteiger charge is -2.27. The van der Waals surface area contributed by atoms with Gasteiger partial charge in [0.25, 0.3) is 0 Å². The lowest BCUT2D eigenvalue weighted by molar-refractivity contribution is 0.174. The molecule has 0 aromatic heterocycles. The molecule has 1 unspecified atom stereocenters. The second kappa shape index (κ2) is 4.14. The summed E-state index contributed by atoms with van der Waals surface area (Å²) in [5.41, 5.74) is 8.70. The number of hydrogen-bond acceptors (Lipinski definition) is 4. The Bertz CT molecular complexity index is 469. The molecule has 0 spiro atoms. The van der Waals surface area contributed by atoms with Gasteiger partial charge in [0.1, 0.15) is 0 Å². The van der Waals surface area contributed by atoms with Gasteiger partial charge in [0.15, 0.2) is 11.5 Å². The molecule has 98 valence electrons. The van der Waals surface area contributed by atoms with Crippen LogP contribution in [-0.4, -0.2) is 20.4 Å². The number of aryl methyl sites for hydroxylation is 1. The maximum Gasteiger partial charge on any atom is 0.231 e. The van der Waals surface area contributed by atoms with Gasteiger partial charge in [0.05, 0.1) is 0 Å². The highest BCUT2D eigenvalue weighted by molar-refractivity contribution is 5.50. The zero-order valence-electron chi connectivity index (χ0n) is 11.0.